The highest BCUT2D eigenvalue weighted by Gasteiger charge is 2.08. The van der Waals surface area contributed by atoms with Gasteiger partial charge in [0.05, 0.1) is 0 Å². The minimum Gasteiger partial charge on any atom is -0.271 e. The second kappa shape index (κ2) is 6.26. The molecule has 0 fully saturated rings. The molecule has 0 spiro atoms. The molecule has 0 bridgehead atoms. The van der Waals surface area contributed by atoms with Crippen LogP contribution in [0.15, 0.2) is 29.8 Å². The quantitative estimate of drug-likeness (QED) is 0.494. The summed E-state index contributed by atoms with van der Waals surface area (Å²) in [4.78, 5) is 0. The monoisotopic (exact) mass is 258 g/mol. The molecule has 0 saturated carbocycles. The second-order valence-electron chi connectivity index (χ2n) is 3.96. The molecular weight excluding hydrogens is 243 g/mol. The topological polar surface area (TPSA) is 38.0 Å². The third kappa shape index (κ3) is 4.14. The number of nitrogens with two attached hydrogens (primary N) is 1. The third-order valence-electron chi connectivity index (χ3n) is 2.20. The molecule has 0 aliphatic rings. The van der Waals surface area contributed by atoms with E-state index in [2.05, 4.69) is 11.5 Å². The van der Waals surface area contributed by atoms with Gasteiger partial charge < -0.3 is 0 Å². The molecule has 1 atom stereocenters. The predicted molar refractivity (Wildman–Crippen MR) is 70.7 cm³/mol. The lowest BCUT2D eigenvalue weighted by atomic mass is 10.0. The molecule has 1 rings (SSSR count). The first-order chi connectivity index (χ1) is 7.52. The maximum Gasteiger partial charge on any atom is 0.0453 e. The Morgan fingerprint density at radius 1 is 1.44 bits per heavy atom. The number of benzene rings is 1. The summed E-state index contributed by atoms with van der Waals surface area (Å²) in [5.74, 6) is 5.49. The van der Waals surface area contributed by atoms with Crippen LogP contribution in [0.1, 0.15) is 19.4 Å². The molecule has 4 heteroatoms. The van der Waals surface area contributed by atoms with E-state index in [1.807, 2.05) is 26.0 Å². The number of nitrogens with one attached hydrogen (secondary N) is 1. The predicted octanol–water partition coefficient (Wildman–Crippen LogP) is 3.33. The second-order valence-corrected chi connectivity index (χ2v) is 4.80. The van der Waals surface area contributed by atoms with E-state index in [1.54, 1.807) is 6.07 Å². The minimum absolute atomic E-state index is 0.0867. The van der Waals surface area contributed by atoms with Crippen LogP contribution in [0, 0.1) is 0 Å². The Kier molecular flexibility index (Phi) is 5.29. The molecule has 0 aromatic heterocycles. The third-order valence-corrected chi connectivity index (χ3v) is 2.79. The zero-order valence-corrected chi connectivity index (χ0v) is 10.9. The van der Waals surface area contributed by atoms with Crippen molar-refractivity contribution in [1.29, 1.82) is 0 Å². The van der Waals surface area contributed by atoms with E-state index in [-0.39, 0.29) is 6.04 Å². The molecule has 1 aromatic carbocycles. The van der Waals surface area contributed by atoms with E-state index in [0.717, 1.165) is 12.0 Å². The summed E-state index contributed by atoms with van der Waals surface area (Å²) < 4.78 is 0. The number of hydrogen-bond donors (Lipinski definition) is 2. The van der Waals surface area contributed by atoms with Gasteiger partial charge in [0.2, 0.25) is 0 Å². The summed E-state index contributed by atoms with van der Waals surface area (Å²) in [6.45, 7) is 4.07. The van der Waals surface area contributed by atoms with E-state index in [4.69, 9.17) is 29.0 Å². The van der Waals surface area contributed by atoms with Crippen molar-refractivity contribution < 1.29 is 0 Å². The lowest BCUT2D eigenvalue weighted by Crippen LogP contribution is -2.35. The number of halogens is 2. The van der Waals surface area contributed by atoms with Crippen molar-refractivity contribution in [3.63, 3.8) is 0 Å². The lowest BCUT2D eigenvalue weighted by molar-refractivity contribution is 0.614. The van der Waals surface area contributed by atoms with E-state index < -0.39 is 0 Å². The van der Waals surface area contributed by atoms with Crippen LogP contribution in [0.3, 0.4) is 0 Å². The highest BCUT2D eigenvalue weighted by atomic mass is 35.5. The van der Waals surface area contributed by atoms with Gasteiger partial charge in [0.15, 0.2) is 0 Å². The van der Waals surface area contributed by atoms with Crippen molar-refractivity contribution in [1.82, 2.24) is 5.43 Å². The Hall–Kier alpha value is -0.540. The SMILES string of the molecule is CC(C)=CC(Cc1ccc(Cl)cc1Cl)NN. The summed E-state index contributed by atoms with van der Waals surface area (Å²) in [5.41, 5.74) is 5.01. The molecule has 1 unspecified atom stereocenters. The molecule has 0 radical (unpaired) electrons. The normalized spacial score (nSPS) is 12.3. The van der Waals surface area contributed by atoms with E-state index in [1.165, 1.54) is 5.57 Å². The maximum atomic E-state index is 6.09. The van der Waals surface area contributed by atoms with Gasteiger partial charge in [-0.15, -0.1) is 0 Å². The molecule has 0 heterocycles. The van der Waals surface area contributed by atoms with Gasteiger partial charge in [0.1, 0.15) is 0 Å². The average Bonchev–Trinajstić information content (AvgIpc) is 2.20. The molecule has 0 aliphatic heterocycles. The highest BCUT2D eigenvalue weighted by molar-refractivity contribution is 6.35. The van der Waals surface area contributed by atoms with Crippen molar-refractivity contribution in [2.75, 3.05) is 0 Å². The average molecular weight is 259 g/mol. The first-order valence-corrected chi connectivity index (χ1v) is 5.83. The highest BCUT2D eigenvalue weighted by Crippen LogP contribution is 2.22. The molecule has 0 aliphatic carbocycles. The molecule has 3 N–H and O–H groups in total. The van der Waals surface area contributed by atoms with Crippen LogP contribution in [0.4, 0.5) is 0 Å². The Morgan fingerprint density at radius 3 is 2.62 bits per heavy atom. The van der Waals surface area contributed by atoms with Crippen molar-refractivity contribution in [2.45, 2.75) is 26.3 Å². The van der Waals surface area contributed by atoms with Gasteiger partial charge in [-0.3, -0.25) is 11.3 Å². The zero-order chi connectivity index (χ0) is 12.1. The van der Waals surface area contributed by atoms with Crippen LogP contribution < -0.4 is 11.3 Å². The summed E-state index contributed by atoms with van der Waals surface area (Å²) in [5, 5.41) is 1.32. The van der Waals surface area contributed by atoms with Gasteiger partial charge in [-0.2, -0.15) is 0 Å². The molecule has 16 heavy (non-hydrogen) atoms. The van der Waals surface area contributed by atoms with Gasteiger partial charge in [0.25, 0.3) is 0 Å². The van der Waals surface area contributed by atoms with Crippen molar-refractivity contribution in [3.8, 4) is 0 Å². The molecule has 2 nitrogen and oxygen atoms in total. The largest absolute Gasteiger partial charge is 0.271 e. The fraction of sp³-hybridized carbons (Fsp3) is 0.333. The molecule has 0 amide bonds. The van der Waals surface area contributed by atoms with E-state index in [0.29, 0.717) is 10.0 Å². The van der Waals surface area contributed by atoms with Crippen LogP contribution in [0.5, 0.6) is 0 Å². The van der Waals surface area contributed by atoms with Gasteiger partial charge in [-0.05, 0) is 38.0 Å². The van der Waals surface area contributed by atoms with Crippen LogP contribution in [-0.2, 0) is 6.42 Å². The van der Waals surface area contributed by atoms with E-state index in [9.17, 15) is 0 Å². The van der Waals surface area contributed by atoms with Gasteiger partial charge >= 0.3 is 0 Å². The molecule has 0 saturated heterocycles. The Balaban J connectivity index is 2.82. The molecule has 1 aromatic rings. The smallest absolute Gasteiger partial charge is 0.0453 e. The van der Waals surface area contributed by atoms with Gasteiger partial charge in [0, 0.05) is 16.1 Å². The van der Waals surface area contributed by atoms with Gasteiger partial charge in [-0.25, -0.2) is 0 Å². The fourth-order valence-electron chi connectivity index (χ4n) is 1.49. The Morgan fingerprint density at radius 2 is 2.12 bits per heavy atom. The first kappa shape index (κ1) is 13.5. The summed E-state index contributed by atoms with van der Waals surface area (Å²) in [7, 11) is 0. The summed E-state index contributed by atoms with van der Waals surface area (Å²) in [6, 6.07) is 5.59. The standard InChI is InChI=1S/C12H16Cl2N2/c1-8(2)5-11(16-15)6-9-3-4-10(13)7-12(9)14/h3-5,7,11,16H,6,15H2,1-2H3. The Bertz CT molecular complexity index is 385. The maximum absolute atomic E-state index is 6.09. The van der Waals surface area contributed by atoms with Crippen molar-refractivity contribution in [2.24, 2.45) is 5.84 Å². The number of hydrogen-bond acceptors (Lipinski definition) is 2. The zero-order valence-electron chi connectivity index (χ0n) is 9.43. The van der Waals surface area contributed by atoms with Gasteiger partial charge in [-0.1, -0.05) is 40.9 Å². The van der Waals surface area contributed by atoms with Crippen LogP contribution in [0.25, 0.3) is 0 Å². The Labute approximate surface area is 106 Å². The van der Waals surface area contributed by atoms with Crippen molar-refractivity contribution >= 4 is 23.2 Å². The van der Waals surface area contributed by atoms with Crippen LogP contribution >= 0.6 is 23.2 Å². The summed E-state index contributed by atoms with van der Waals surface area (Å²) >= 11 is 11.9. The minimum atomic E-state index is 0.0867. The number of hydrazine groups is 1. The van der Waals surface area contributed by atoms with E-state index >= 15 is 0 Å². The molecular formula is C12H16Cl2N2. The fourth-order valence-corrected chi connectivity index (χ4v) is 1.98. The van der Waals surface area contributed by atoms with Crippen LogP contribution in [-0.4, -0.2) is 6.04 Å². The number of allylic oxidation sites excluding steroid dienone is 1. The van der Waals surface area contributed by atoms with Crippen molar-refractivity contribution in [3.05, 3.63) is 45.5 Å². The first-order valence-electron chi connectivity index (χ1n) is 5.08. The molecule has 88 valence electrons. The number of rotatable bonds is 4. The summed E-state index contributed by atoms with van der Waals surface area (Å²) in [6.07, 6.45) is 2.82. The lowest BCUT2D eigenvalue weighted by Gasteiger charge is -2.13. The van der Waals surface area contributed by atoms with Crippen LogP contribution in [0.2, 0.25) is 10.0 Å².